The first-order valence-electron chi connectivity index (χ1n) is 5.63. The number of rotatable bonds is 6. The maximum absolute atomic E-state index is 12.1. The van der Waals surface area contributed by atoms with Crippen LogP contribution in [0.1, 0.15) is 19.0 Å². The van der Waals surface area contributed by atoms with E-state index in [1.807, 2.05) is 12.3 Å². The predicted octanol–water partition coefficient (Wildman–Crippen LogP) is 1.49. The molecule has 0 aliphatic carbocycles. The van der Waals surface area contributed by atoms with Crippen LogP contribution in [0, 0.1) is 0 Å². The zero-order valence-corrected chi connectivity index (χ0v) is 11.3. The van der Waals surface area contributed by atoms with Gasteiger partial charge >= 0.3 is 12.0 Å². The molecule has 0 aliphatic rings. The van der Waals surface area contributed by atoms with E-state index >= 15 is 0 Å². The second-order valence-electron chi connectivity index (χ2n) is 3.93. The summed E-state index contributed by atoms with van der Waals surface area (Å²) >= 11 is 1.47. The lowest BCUT2D eigenvalue weighted by molar-refractivity contribution is -0.137. The fourth-order valence-corrected chi connectivity index (χ4v) is 2.09. The second kappa shape index (κ2) is 6.95. The lowest BCUT2D eigenvalue weighted by Gasteiger charge is -2.26. The molecule has 0 saturated carbocycles. The number of nitrogens with zero attached hydrogens (tertiary/aromatic N) is 3. The molecule has 18 heavy (non-hydrogen) atoms. The van der Waals surface area contributed by atoms with Crippen LogP contribution in [0.15, 0.2) is 10.9 Å². The van der Waals surface area contributed by atoms with Crippen molar-refractivity contribution in [2.75, 3.05) is 20.1 Å². The highest BCUT2D eigenvalue weighted by molar-refractivity contribution is 7.07. The summed E-state index contributed by atoms with van der Waals surface area (Å²) in [5, 5.41) is 10.6. The number of carbonyl (C=O) groups excluding carboxylic acids is 1. The van der Waals surface area contributed by atoms with Gasteiger partial charge in [0.2, 0.25) is 0 Å². The molecule has 1 rings (SSSR count). The van der Waals surface area contributed by atoms with Crippen LogP contribution < -0.4 is 0 Å². The van der Waals surface area contributed by atoms with Crippen LogP contribution in [-0.4, -0.2) is 52.0 Å². The van der Waals surface area contributed by atoms with E-state index in [4.69, 9.17) is 5.11 Å². The molecule has 6 nitrogen and oxygen atoms in total. The van der Waals surface area contributed by atoms with Gasteiger partial charge in [-0.3, -0.25) is 4.79 Å². The van der Waals surface area contributed by atoms with Crippen LogP contribution in [0.3, 0.4) is 0 Å². The highest BCUT2D eigenvalue weighted by atomic mass is 32.1. The van der Waals surface area contributed by atoms with Crippen LogP contribution >= 0.6 is 11.3 Å². The summed E-state index contributed by atoms with van der Waals surface area (Å²) in [6.07, 6.45) is 0.726. The number of urea groups is 1. The smallest absolute Gasteiger partial charge is 0.323 e. The number of carboxylic acids is 1. The van der Waals surface area contributed by atoms with Gasteiger partial charge in [0.05, 0.1) is 17.7 Å². The van der Waals surface area contributed by atoms with E-state index in [1.54, 1.807) is 12.6 Å². The third kappa shape index (κ3) is 4.33. The number of carboxylic acid groups (broad SMARTS) is 1. The van der Waals surface area contributed by atoms with Crippen molar-refractivity contribution in [1.82, 2.24) is 14.8 Å². The monoisotopic (exact) mass is 271 g/mol. The summed E-state index contributed by atoms with van der Waals surface area (Å²) in [6, 6.07) is -0.285. The molecule has 7 heteroatoms. The number of hydrogen-bond acceptors (Lipinski definition) is 4. The van der Waals surface area contributed by atoms with Gasteiger partial charge < -0.3 is 14.9 Å². The third-order valence-electron chi connectivity index (χ3n) is 2.30. The van der Waals surface area contributed by atoms with Crippen molar-refractivity contribution in [2.45, 2.75) is 19.9 Å². The number of amides is 2. The zero-order chi connectivity index (χ0) is 13.5. The molecule has 1 N–H and O–H groups in total. The van der Waals surface area contributed by atoms with Gasteiger partial charge in [0.1, 0.15) is 6.54 Å². The number of aliphatic carboxylic acids is 1. The van der Waals surface area contributed by atoms with E-state index in [2.05, 4.69) is 4.98 Å². The molecule has 2 amide bonds. The van der Waals surface area contributed by atoms with Gasteiger partial charge in [0, 0.05) is 19.0 Å². The maximum atomic E-state index is 12.1. The van der Waals surface area contributed by atoms with Gasteiger partial charge in [-0.05, 0) is 6.42 Å². The van der Waals surface area contributed by atoms with E-state index in [1.165, 1.54) is 21.1 Å². The number of aromatic nitrogens is 1. The fourth-order valence-electron chi connectivity index (χ4n) is 1.54. The van der Waals surface area contributed by atoms with Gasteiger partial charge in [0.25, 0.3) is 0 Å². The summed E-state index contributed by atoms with van der Waals surface area (Å²) in [4.78, 5) is 29.7. The van der Waals surface area contributed by atoms with Gasteiger partial charge in [-0.2, -0.15) is 0 Å². The summed E-state index contributed by atoms with van der Waals surface area (Å²) < 4.78 is 0. The molecule has 0 fully saturated rings. The molecule has 1 aromatic rings. The highest BCUT2D eigenvalue weighted by Crippen LogP contribution is 2.07. The molecule has 100 valence electrons. The minimum atomic E-state index is -1.00. The standard InChI is InChI=1S/C11H17N3O3S/c1-3-4-14(6-10(15)16)11(17)13(2)5-9-7-18-8-12-9/h7-8H,3-6H2,1-2H3,(H,15,16). The average Bonchev–Trinajstić information content (AvgIpc) is 2.79. The molecule has 1 aromatic heterocycles. The van der Waals surface area contributed by atoms with Gasteiger partial charge in [-0.25, -0.2) is 9.78 Å². The molecule has 0 saturated heterocycles. The van der Waals surface area contributed by atoms with Crippen molar-refractivity contribution < 1.29 is 14.7 Å². The zero-order valence-electron chi connectivity index (χ0n) is 10.5. The molecular formula is C11H17N3O3S. The lowest BCUT2D eigenvalue weighted by Crippen LogP contribution is -2.43. The summed E-state index contributed by atoms with van der Waals surface area (Å²) in [5.41, 5.74) is 2.51. The van der Waals surface area contributed by atoms with Crippen molar-refractivity contribution in [3.63, 3.8) is 0 Å². The fraction of sp³-hybridized carbons (Fsp3) is 0.545. The first kappa shape index (κ1) is 14.4. The summed E-state index contributed by atoms with van der Waals surface area (Å²) in [6.45, 7) is 2.46. The Morgan fingerprint density at radius 3 is 2.72 bits per heavy atom. The predicted molar refractivity (Wildman–Crippen MR) is 68.5 cm³/mol. The largest absolute Gasteiger partial charge is 0.480 e. The molecule has 0 unspecified atom stereocenters. The highest BCUT2D eigenvalue weighted by Gasteiger charge is 2.20. The van der Waals surface area contributed by atoms with Crippen molar-refractivity contribution >= 4 is 23.3 Å². The average molecular weight is 271 g/mol. The van der Waals surface area contributed by atoms with Gasteiger partial charge in [-0.1, -0.05) is 6.92 Å². The number of thiazole rings is 1. The van der Waals surface area contributed by atoms with E-state index in [0.717, 1.165) is 12.1 Å². The third-order valence-corrected chi connectivity index (χ3v) is 2.93. The Bertz CT molecular complexity index is 394. The van der Waals surface area contributed by atoms with Crippen molar-refractivity contribution in [2.24, 2.45) is 0 Å². The van der Waals surface area contributed by atoms with E-state index in [0.29, 0.717) is 13.1 Å². The Labute approximate surface area is 110 Å². The lowest BCUT2D eigenvalue weighted by atomic mass is 10.4. The molecule has 0 radical (unpaired) electrons. The minimum absolute atomic E-state index is 0.270. The van der Waals surface area contributed by atoms with Crippen LogP contribution in [0.25, 0.3) is 0 Å². The minimum Gasteiger partial charge on any atom is -0.480 e. The molecule has 0 spiro atoms. The Morgan fingerprint density at radius 1 is 1.50 bits per heavy atom. The van der Waals surface area contributed by atoms with Crippen LogP contribution in [-0.2, 0) is 11.3 Å². The first-order valence-corrected chi connectivity index (χ1v) is 6.57. The van der Waals surface area contributed by atoms with E-state index < -0.39 is 5.97 Å². The Morgan fingerprint density at radius 2 is 2.22 bits per heavy atom. The molecule has 0 aliphatic heterocycles. The first-order chi connectivity index (χ1) is 8.54. The Hall–Kier alpha value is -1.63. The summed E-state index contributed by atoms with van der Waals surface area (Å²) in [5.74, 6) is -1.00. The summed E-state index contributed by atoms with van der Waals surface area (Å²) in [7, 11) is 1.65. The molecule has 0 aromatic carbocycles. The molecule has 0 atom stereocenters. The van der Waals surface area contributed by atoms with Crippen molar-refractivity contribution in [3.8, 4) is 0 Å². The molecular weight excluding hydrogens is 254 g/mol. The second-order valence-corrected chi connectivity index (χ2v) is 4.65. The van der Waals surface area contributed by atoms with Crippen molar-refractivity contribution in [3.05, 3.63) is 16.6 Å². The Balaban J connectivity index is 2.60. The molecule has 1 heterocycles. The Kier molecular flexibility index (Phi) is 5.57. The SMILES string of the molecule is CCCN(CC(=O)O)C(=O)N(C)Cc1cscn1. The normalized spacial score (nSPS) is 10.1. The van der Waals surface area contributed by atoms with Crippen molar-refractivity contribution in [1.29, 1.82) is 0 Å². The van der Waals surface area contributed by atoms with Gasteiger partial charge in [0.15, 0.2) is 0 Å². The van der Waals surface area contributed by atoms with E-state index in [-0.39, 0.29) is 12.6 Å². The quantitative estimate of drug-likeness (QED) is 0.850. The van der Waals surface area contributed by atoms with Crippen LogP contribution in [0.2, 0.25) is 0 Å². The van der Waals surface area contributed by atoms with E-state index in [9.17, 15) is 9.59 Å². The van der Waals surface area contributed by atoms with Gasteiger partial charge in [-0.15, -0.1) is 11.3 Å². The topological polar surface area (TPSA) is 73.7 Å². The maximum Gasteiger partial charge on any atom is 0.323 e. The van der Waals surface area contributed by atoms with Crippen LogP contribution in [0.5, 0.6) is 0 Å². The number of hydrogen-bond donors (Lipinski definition) is 1. The van der Waals surface area contributed by atoms with Crippen LogP contribution in [0.4, 0.5) is 4.79 Å². The number of carbonyl (C=O) groups is 2. The molecule has 0 bridgehead atoms.